The highest BCUT2D eigenvalue weighted by Gasteiger charge is 2.31. The zero-order chi connectivity index (χ0) is 32.5. The summed E-state index contributed by atoms with van der Waals surface area (Å²) < 4.78 is 50.3. The Hall–Kier alpha value is -4.96. The molecule has 1 aliphatic heterocycles. The number of nitrogen functional groups attached to an aromatic ring is 1. The van der Waals surface area contributed by atoms with Crippen molar-refractivity contribution < 1.29 is 22.7 Å². The fraction of sp³-hybridized carbons (Fsp3) is 0.344. The maximum absolute atomic E-state index is 15.6. The quantitative estimate of drug-likeness (QED) is 0.190. The average molecular weight is 619 g/mol. The molecule has 1 atom stereocenters. The number of carbonyl (C=O) groups is 1. The van der Waals surface area contributed by atoms with Crippen molar-refractivity contribution in [2.24, 2.45) is 0 Å². The minimum absolute atomic E-state index is 0.0360. The van der Waals surface area contributed by atoms with E-state index >= 15 is 4.39 Å². The Bertz CT molecular complexity index is 1830. The lowest BCUT2D eigenvalue weighted by atomic mass is 9.98. The molecule has 3 N–H and O–H groups in total. The number of aromatic nitrogens is 4. The number of nitrogens with zero attached hydrogens (tertiary/aromatic N) is 6. The zero-order valence-electron chi connectivity index (χ0n) is 25.3. The van der Waals surface area contributed by atoms with Crippen LogP contribution in [0.5, 0.6) is 11.5 Å². The van der Waals surface area contributed by atoms with Crippen LogP contribution < -0.4 is 15.8 Å². The molecule has 45 heavy (non-hydrogen) atoms. The Morgan fingerprint density at radius 1 is 1.20 bits per heavy atom. The molecule has 0 radical (unpaired) electrons. The SMILES string of the molecule is CC(C)NC(C)(C)C=C(C#N)C(=O)N1CCC[C@H](n2nc(-c3ccc(Oc4cccc(F)c4F)cc3F)c3c(N)ncnc32)C1. The Labute approximate surface area is 258 Å². The van der Waals surface area contributed by atoms with Crippen molar-refractivity contribution in [2.45, 2.75) is 58.2 Å². The highest BCUT2D eigenvalue weighted by atomic mass is 19.2. The molecule has 1 aliphatic rings. The summed E-state index contributed by atoms with van der Waals surface area (Å²) in [5.74, 6) is -3.77. The van der Waals surface area contributed by atoms with E-state index in [-0.39, 0.29) is 58.7 Å². The van der Waals surface area contributed by atoms with Crippen LogP contribution in [0.2, 0.25) is 0 Å². The van der Waals surface area contributed by atoms with Gasteiger partial charge in [0.1, 0.15) is 41.0 Å². The van der Waals surface area contributed by atoms with Crippen LogP contribution in [0.3, 0.4) is 0 Å². The van der Waals surface area contributed by atoms with E-state index < -0.39 is 23.0 Å². The van der Waals surface area contributed by atoms with Crippen LogP contribution in [0.25, 0.3) is 22.3 Å². The third-order valence-corrected chi connectivity index (χ3v) is 7.40. The van der Waals surface area contributed by atoms with Crippen molar-refractivity contribution in [2.75, 3.05) is 18.8 Å². The summed E-state index contributed by atoms with van der Waals surface area (Å²) in [6, 6.07) is 9.15. The van der Waals surface area contributed by atoms with E-state index in [9.17, 15) is 18.8 Å². The highest BCUT2D eigenvalue weighted by Crippen LogP contribution is 2.37. The lowest BCUT2D eigenvalue weighted by Crippen LogP contribution is -2.44. The lowest BCUT2D eigenvalue weighted by Gasteiger charge is -2.33. The predicted molar refractivity (Wildman–Crippen MR) is 162 cm³/mol. The Balaban J connectivity index is 1.46. The first kappa shape index (κ1) is 31.5. The minimum atomic E-state index is -1.19. The van der Waals surface area contributed by atoms with Gasteiger partial charge in [0, 0.05) is 36.3 Å². The number of piperidine rings is 1. The van der Waals surface area contributed by atoms with Gasteiger partial charge in [-0.25, -0.2) is 23.4 Å². The molecule has 1 fully saturated rings. The number of nitriles is 1. The van der Waals surface area contributed by atoms with Gasteiger partial charge >= 0.3 is 0 Å². The van der Waals surface area contributed by atoms with Gasteiger partial charge in [-0.05, 0) is 57.0 Å². The van der Waals surface area contributed by atoms with E-state index in [1.807, 2.05) is 27.7 Å². The molecule has 5 rings (SSSR count). The molecule has 0 saturated carbocycles. The van der Waals surface area contributed by atoms with Gasteiger partial charge in [-0.3, -0.25) is 4.79 Å². The van der Waals surface area contributed by atoms with E-state index in [0.29, 0.717) is 30.4 Å². The summed E-state index contributed by atoms with van der Waals surface area (Å²) >= 11 is 0. The number of hydrogen-bond acceptors (Lipinski definition) is 8. The molecule has 0 unspecified atom stereocenters. The maximum atomic E-state index is 15.6. The highest BCUT2D eigenvalue weighted by molar-refractivity contribution is 5.99. The van der Waals surface area contributed by atoms with E-state index in [2.05, 4.69) is 21.4 Å². The zero-order valence-corrected chi connectivity index (χ0v) is 25.3. The molecule has 4 aromatic rings. The number of hydrogen-bond donors (Lipinski definition) is 2. The molecular weight excluding hydrogens is 585 g/mol. The maximum Gasteiger partial charge on any atom is 0.264 e. The van der Waals surface area contributed by atoms with E-state index in [4.69, 9.17) is 15.6 Å². The number of halogens is 3. The number of nitrogens with two attached hydrogens (primary N) is 1. The predicted octanol–water partition coefficient (Wildman–Crippen LogP) is 5.68. The second kappa shape index (κ2) is 12.6. The Kier molecular flexibility index (Phi) is 8.79. The number of carbonyl (C=O) groups excluding carboxylic acids is 1. The molecule has 13 heteroatoms. The van der Waals surface area contributed by atoms with E-state index in [1.165, 1.54) is 30.6 Å². The summed E-state index contributed by atoms with van der Waals surface area (Å²) in [5.41, 5.74) is 6.28. The van der Waals surface area contributed by atoms with Gasteiger partial charge in [-0.2, -0.15) is 14.8 Å². The lowest BCUT2D eigenvalue weighted by molar-refractivity contribution is -0.128. The molecular formula is C32H33F3N8O2. The molecule has 1 amide bonds. The molecule has 0 aliphatic carbocycles. The number of amides is 1. The second-order valence-electron chi connectivity index (χ2n) is 11.8. The summed E-state index contributed by atoms with van der Waals surface area (Å²) in [7, 11) is 0. The fourth-order valence-electron chi connectivity index (χ4n) is 5.68. The van der Waals surface area contributed by atoms with Gasteiger partial charge in [0.25, 0.3) is 5.91 Å². The van der Waals surface area contributed by atoms with Gasteiger partial charge in [0.05, 0.1) is 11.4 Å². The number of likely N-dealkylation sites (tertiary alicyclic amines) is 1. The third kappa shape index (κ3) is 6.61. The van der Waals surface area contributed by atoms with Crippen LogP contribution in [0, 0.1) is 28.8 Å². The van der Waals surface area contributed by atoms with Gasteiger partial charge in [0.15, 0.2) is 17.2 Å². The number of fused-ring (bicyclic) bond motifs is 1. The summed E-state index contributed by atoms with van der Waals surface area (Å²) in [6.45, 7) is 8.47. The van der Waals surface area contributed by atoms with Crippen molar-refractivity contribution in [1.82, 2.24) is 30.0 Å². The van der Waals surface area contributed by atoms with Crippen molar-refractivity contribution in [1.29, 1.82) is 5.26 Å². The first-order chi connectivity index (χ1) is 21.4. The fourth-order valence-corrected chi connectivity index (χ4v) is 5.68. The molecule has 0 bridgehead atoms. The number of ether oxygens (including phenoxy) is 1. The minimum Gasteiger partial charge on any atom is -0.454 e. The van der Waals surface area contributed by atoms with Crippen molar-refractivity contribution in [3.8, 4) is 28.8 Å². The molecule has 10 nitrogen and oxygen atoms in total. The van der Waals surface area contributed by atoms with Crippen molar-refractivity contribution in [3.63, 3.8) is 0 Å². The third-order valence-electron chi connectivity index (χ3n) is 7.40. The molecule has 234 valence electrons. The van der Waals surface area contributed by atoms with Gasteiger partial charge < -0.3 is 20.7 Å². The van der Waals surface area contributed by atoms with Crippen LogP contribution in [0.1, 0.15) is 46.6 Å². The standard InChI is InChI=1S/C32H33F3N8O2/c1-18(2)40-32(3,4)14-19(15-36)31(44)42-12-6-7-20(16-42)43-30-26(29(37)38-17-39-30)28(41-43)22-11-10-21(13-24(22)34)45-25-9-5-8-23(33)27(25)35/h5,8-11,13-14,17-18,20,40H,6-7,12,16H2,1-4H3,(H2,37,38,39)/t20-/m0/s1. The van der Waals surface area contributed by atoms with E-state index in [0.717, 1.165) is 12.1 Å². The smallest absolute Gasteiger partial charge is 0.264 e. The van der Waals surface area contributed by atoms with Crippen LogP contribution in [-0.2, 0) is 4.79 Å². The molecule has 1 saturated heterocycles. The average Bonchev–Trinajstić information content (AvgIpc) is 3.38. The first-order valence-corrected chi connectivity index (χ1v) is 14.5. The number of rotatable bonds is 8. The second-order valence-corrected chi connectivity index (χ2v) is 11.8. The molecule has 0 spiro atoms. The Morgan fingerprint density at radius 2 is 1.98 bits per heavy atom. The van der Waals surface area contributed by atoms with Crippen molar-refractivity contribution >= 4 is 22.8 Å². The normalized spacial score (nSPS) is 15.8. The topological polar surface area (TPSA) is 135 Å². The Morgan fingerprint density at radius 3 is 2.69 bits per heavy atom. The number of benzene rings is 2. The number of anilines is 1. The van der Waals surface area contributed by atoms with Crippen LogP contribution in [-0.4, -0.2) is 55.2 Å². The first-order valence-electron chi connectivity index (χ1n) is 14.5. The van der Waals surface area contributed by atoms with Gasteiger partial charge in [0.2, 0.25) is 5.82 Å². The number of nitrogens with one attached hydrogen (secondary N) is 1. The van der Waals surface area contributed by atoms with Gasteiger partial charge in [-0.1, -0.05) is 19.9 Å². The van der Waals surface area contributed by atoms with Crippen LogP contribution >= 0.6 is 0 Å². The van der Waals surface area contributed by atoms with E-state index in [1.54, 1.807) is 15.7 Å². The van der Waals surface area contributed by atoms with Gasteiger partial charge in [-0.15, -0.1) is 0 Å². The summed E-state index contributed by atoms with van der Waals surface area (Å²) in [5, 5.41) is 18.2. The van der Waals surface area contributed by atoms with Crippen molar-refractivity contribution in [3.05, 3.63) is 71.8 Å². The largest absolute Gasteiger partial charge is 0.454 e. The summed E-state index contributed by atoms with van der Waals surface area (Å²) in [4.78, 5) is 23.6. The molecule has 2 aromatic heterocycles. The molecule has 2 aromatic carbocycles. The van der Waals surface area contributed by atoms with Crippen LogP contribution in [0.15, 0.2) is 54.4 Å². The summed E-state index contributed by atoms with van der Waals surface area (Å²) in [6.07, 6.45) is 4.21. The monoisotopic (exact) mass is 618 g/mol. The molecule has 3 heterocycles. The van der Waals surface area contributed by atoms with Crippen LogP contribution in [0.4, 0.5) is 19.0 Å².